The SMILES string of the molecule is CNc1cc(N(CCOC)C(C)C2CC2)ccn1. The quantitative estimate of drug-likeness (QED) is 0.805. The van der Waals surface area contributed by atoms with Crippen molar-refractivity contribution < 1.29 is 4.74 Å². The van der Waals surface area contributed by atoms with Crippen LogP contribution in [0.5, 0.6) is 0 Å². The van der Waals surface area contributed by atoms with Gasteiger partial charge in [0.25, 0.3) is 0 Å². The first kappa shape index (κ1) is 13.1. The summed E-state index contributed by atoms with van der Waals surface area (Å²) in [5, 5.41) is 3.09. The molecule has 0 aromatic carbocycles. The fourth-order valence-electron chi connectivity index (χ4n) is 2.33. The first-order valence-electron chi connectivity index (χ1n) is 6.65. The van der Waals surface area contributed by atoms with Gasteiger partial charge in [0.1, 0.15) is 5.82 Å². The third kappa shape index (κ3) is 3.13. The fourth-order valence-corrected chi connectivity index (χ4v) is 2.33. The standard InChI is InChI=1S/C14H23N3O/c1-11(12-4-5-12)17(8-9-18-3)13-6-7-16-14(10-13)15-2/h6-7,10-12H,4-5,8-9H2,1-3H3,(H,15,16). The first-order valence-corrected chi connectivity index (χ1v) is 6.65. The van der Waals surface area contributed by atoms with Gasteiger partial charge < -0.3 is 15.0 Å². The van der Waals surface area contributed by atoms with Crippen LogP contribution >= 0.6 is 0 Å². The van der Waals surface area contributed by atoms with E-state index in [1.54, 1.807) is 7.11 Å². The van der Waals surface area contributed by atoms with E-state index in [-0.39, 0.29) is 0 Å². The number of nitrogens with one attached hydrogen (secondary N) is 1. The topological polar surface area (TPSA) is 37.4 Å². The van der Waals surface area contributed by atoms with Gasteiger partial charge in [-0.3, -0.25) is 0 Å². The molecule has 1 saturated carbocycles. The Morgan fingerprint density at radius 1 is 1.56 bits per heavy atom. The highest BCUT2D eigenvalue weighted by Crippen LogP contribution is 2.37. The molecule has 18 heavy (non-hydrogen) atoms. The number of hydrogen-bond acceptors (Lipinski definition) is 4. The molecule has 1 N–H and O–H groups in total. The lowest BCUT2D eigenvalue weighted by molar-refractivity contribution is 0.202. The molecule has 4 heteroatoms. The minimum Gasteiger partial charge on any atom is -0.383 e. The highest BCUT2D eigenvalue weighted by atomic mass is 16.5. The van der Waals surface area contributed by atoms with Crippen LogP contribution in [0.15, 0.2) is 18.3 Å². The summed E-state index contributed by atoms with van der Waals surface area (Å²) in [6.45, 7) is 4.00. The summed E-state index contributed by atoms with van der Waals surface area (Å²) in [4.78, 5) is 6.71. The number of anilines is 2. The molecule has 0 radical (unpaired) electrons. The Labute approximate surface area is 109 Å². The second-order valence-electron chi connectivity index (χ2n) is 4.91. The maximum absolute atomic E-state index is 5.23. The molecule has 1 aliphatic rings. The summed E-state index contributed by atoms with van der Waals surface area (Å²) in [6.07, 6.45) is 4.57. The lowest BCUT2D eigenvalue weighted by Crippen LogP contribution is -2.37. The van der Waals surface area contributed by atoms with Crippen LogP contribution in [0, 0.1) is 5.92 Å². The summed E-state index contributed by atoms with van der Waals surface area (Å²) < 4.78 is 5.23. The van der Waals surface area contributed by atoms with Gasteiger partial charge in [0.05, 0.1) is 6.61 Å². The maximum atomic E-state index is 5.23. The molecular weight excluding hydrogens is 226 g/mol. The average Bonchev–Trinajstić information content (AvgIpc) is 3.23. The van der Waals surface area contributed by atoms with Gasteiger partial charge in [-0.2, -0.15) is 0 Å². The van der Waals surface area contributed by atoms with Gasteiger partial charge in [0, 0.05) is 44.7 Å². The highest BCUT2D eigenvalue weighted by Gasteiger charge is 2.32. The van der Waals surface area contributed by atoms with Crippen LogP contribution in [0.3, 0.4) is 0 Å². The number of hydrogen-bond donors (Lipinski definition) is 1. The van der Waals surface area contributed by atoms with Gasteiger partial charge in [0.15, 0.2) is 0 Å². The Morgan fingerprint density at radius 2 is 2.33 bits per heavy atom. The first-order chi connectivity index (χ1) is 8.76. The summed E-state index contributed by atoms with van der Waals surface area (Å²) in [7, 11) is 3.65. The van der Waals surface area contributed by atoms with Crippen molar-refractivity contribution in [2.24, 2.45) is 5.92 Å². The summed E-state index contributed by atoms with van der Waals surface area (Å²) in [6, 6.07) is 4.76. The number of aromatic nitrogens is 1. The van der Waals surface area contributed by atoms with E-state index in [0.29, 0.717) is 6.04 Å². The van der Waals surface area contributed by atoms with Gasteiger partial charge in [-0.25, -0.2) is 4.98 Å². The fraction of sp³-hybridized carbons (Fsp3) is 0.643. The van der Waals surface area contributed by atoms with Gasteiger partial charge >= 0.3 is 0 Å². The van der Waals surface area contributed by atoms with Crippen LogP contribution < -0.4 is 10.2 Å². The normalized spacial score (nSPS) is 16.4. The minimum atomic E-state index is 0.576. The molecule has 1 heterocycles. The van der Waals surface area contributed by atoms with Crippen LogP contribution in [-0.4, -0.2) is 38.3 Å². The number of nitrogens with zero attached hydrogens (tertiary/aromatic N) is 2. The number of rotatable bonds is 7. The molecule has 1 aromatic rings. The smallest absolute Gasteiger partial charge is 0.127 e. The molecule has 0 saturated heterocycles. The Bertz CT molecular complexity index is 379. The molecule has 2 rings (SSSR count). The second kappa shape index (κ2) is 6.05. The van der Waals surface area contributed by atoms with Crippen molar-refractivity contribution >= 4 is 11.5 Å². The van der Waals surface area contributed by atoms with Crippen molar-refractivity contribution in [2.75, 3.05) is 37.5 Å². The predicted octanol–water partition coefficient (Wildman–Crippen LogP) is 2.37. The molecule has 0 spiro atoms. The molecule has 1 fully saturated rings. The Balaban J connectivity index is 2.14. The number of ether oxygens (including phenoxy) is 1. The lowest BCUT2D eigenvalue weighted by Gasteiger charge is -2.31. The molecule has 4 nitrogen and oxygen atoms in total. The maximum Gasteiger partial charge on any atom is 0.127 e. The summed E-state index contributed by atoms with van der Waals surface area (Å²) >= 11 is 0. The number of methoxy groups -OCH3 is 1. The monoisotopic (exact) mass is 249 g/mol. The van der Waals surface area contributed by atoms with Crippen molar-refractivity contribution in [1.82, 2.24) is 4.98 Å². The van der Waals surface area contributed by atoms with Crippen molar-refractivity contribution in [2.45, 2.75) is 25.8 Å². The Hall–Kier alpha value is -1.29. The highest BCUT2D eigenvalue weighted by molar-refractivity contribution is 5.54. The van der Waals surface area contributed by atoms with Crippen LogP contribution in [0.2, 0.25) is 0 Å². The van der Waals surface area contributed by atoms with E-state index in [0.717, 1.165) is 24.9 Å². The van der Waals surface area contributed by atoms with Crippen molar-refractivity contribution in [1.29, 1.82) is 0 Å². The largest absolute Gasteiger partial charge is 0.383 e. The molecule has 1 aromatic heterocycles. The predicted molar refractivity (Wildman–Crippen MR) is 75.2 cm³/mol. The molecule has 100 valence electrons. The van der Waals surface area contributed by atoms with Gasteiger partial charge in [0.2, 0.25) is 0 Å². The van der Waals surface area contributed by atoms with E-state index in [9.17, 15) is 0 Å². The van der Waals surface area contributed by atoms with Crippen LogP contribution in [0.4, 0.5) is 11.5 Å². The van der Waals surface area contributed by atoms with E-state index in [1.165, 1.54) is 18.5 Å². The van der Waals surface area contributed by atoms with Crippen LogP contribution in [-0.2, 0) is 4.74 Å². The lowest BCUT2D eigenvalue weighted by atomic mass is 10.1. The zero-order valence-corrected chi connectivity index (χ0v) is 11.5. The molecule has 1 aliphatic carbocycles. The molecule has 1 unspecified atom stereocenters. The molecule has 0 bridgehead atoms. The molecule has 0 amide bonds. The van der Waals surface area contributed by atoms with E-state index < -0.39 is 0 Å². The average molecular weight is 249 g/mol. The second-order valence-corrected chi connectivity index (χ2v) is 4.91. The van der Waals surface area contributed by atoms with Crippen molar-refractivity contribution in [3.63, 3.8) is 0 Å². The number of pyridine rings is 1. The zero-order chi connectivity index (χ0) is 13.0. The van der Waals surface area contributed by atoms with E-state index >= 15 is 0 Å². The van der Waals surface area contributed by atoms with Crippen molar-refractivity contribution in [3.8, 4) is 0 Å². The van der Waals surface area contributed by atoms with Crippen LogP contribution in [0.1, 0.15) is 19.8 Å². The Kier molecular flexibility index (Phi) is 4.42. The van der Waals surface area contributed by atoms with Gasteiger partial charge in [-0.15, -0.1) is 0 Å². The van der Waals surface area contributed by atoms with Gasteiger partial charge in [-0.1, -0.05) is 0 Å². The summed E-state index contributed by atoms with van der Waals surface area (Å²) in [5.74, 6) is 1.76. The minimum absolute atomic E-state index is 0.576. The third-order valence-corrected chi connectivity index (χ3v) is 3.66. The Morgan fingerprint density at radius 3 is 2.94 bits per heavy atom. The van der Waals surface area contributed by atoms with Gasteiger partial charge in [-0.05, 0) is 31.7 Å². The molecule has 1 atom stereocenters. The zero-order valence-electron chi connectivity index (χ0n) is 11.5. The van der Waals surface area contributed by atoms with Crippen LogP contribution in [0.25, 0.3) is 0 Å². The van der Waals surface area contributed by atoms with E-state index in [1.807, 2.05) is 13.2 Å². The molecular formula is C14H23N3O. The summed E-state index contributed by atoms with van der Waals surface area (Å²) in [5.41, 5.74) is 1.23. The van der Waals surface area contributed by atoms with Crippen molar-refractivity contribution in [3.05, 3.63) is 18.3 Å². The van der Waals surface area contributed by atoms with E-state index in [2.05, 4.69) is 34.3 Å². The van der Waals surface area contributed by atoms with E-state index in [4.69, 9.17) is 4.74 Å². The molecule has 0 aliphatic heterocycles. The third-order valence-electron chi connectivity index (χ3n) is 3.66.